The molecule has 0 heterocycles. The fourth-order valence-electron chi connectivity index (χ4n) is 2.04. The molecule has 0 unspecified atom stereocenters. The highest BCUT2D eigenvalue weighted by atomic mass is 79.9. The van der Waals surface area contributed by atoms with E-state index in [1.54, 1.807) is 12.1 Å². The van der Waals surface area contributed by atoms with E-state index in [2.05, 4.69) is 27.3 Å². The van der Waals surface area contributed by atoms with Gasteiger partial charge in [0.25, 0.3) is 0 Å². The molecule has 0 aliphatic rings. The number of phenolic OH excluding ortho intramolecular Hbond substituents is 2. The molecule has 2 aromatic rings. The van der Waals surface area contributed by atoms with Crippen LogP contribution >= 0.6 is 15.9 Å². The Bertz CT molecular complexity index is 588. The van der Waals surface area contributed by atoms with Gasteiger partial charge >= 0.3 is 0 Å². The van der Waals surface area contributed by atoms with E-state index in [1.165, 1.54) is 11.6 Å². The molecule has 0 radical (unpaired) electrons. The van der Waals surface area contributed by atoms with E-state index in [0.717, 1.165) is 15.7 Å². The number of aryl methyl sites for hydroxylation is 2. The molecule has 0 saturated heterocycles. The van der Waals surface area contributed by atoms with Gasteiger partial charge in [0.05, 0.1) is 5.69 Å². The quantitative estimate of drug-likeness (QED) is 0.746. The minimum absolute atomic E-state index is 0.0733. The summed E-state index contributed by atoms with van der Waals surface area (Å²) in [7, 11) is 0. The van der Waals surface area contributed by atoms with Crippen LogP contribution in [-0.4, -0.2) is 10.2 Å². The summed E-state index contributed by atoms with van der Waals surface area (Å²) in [4.78, 5) is 0. The zero-order valence-corrected chi connectivity index (χ0v) is 12.5. The number of anilines is 1. The van der Waals surface area contributed by atoms with E-state index in [4.69, 9.17) is 0 Å². The van der Waals surface area contributed by atoms with E-state index in [-0.39, 0.29) is 11.5 Å². The molecule has 4 heteroatoms. The second-order valence-electron chi connectivity index (χ2n) is 4.58. The van der Waals surface area contributed by atoms with Gasteiger partial charge in [-0.05, 0) is 53.0 Å². The number of hydrogen-bond acceptors (Lipinski definition) is 3. The van der Waals surface area contributed by atoms with Crippen molar-refractivity contribution >= 4 is 21.6 Å². The monoisotopic (exact) mass is 321 g/mol. The molecule has 3 N–H and O–H groups in total. The zero-order valence-electron chi connectivity index (χ0n) is 10.9. The van der Waals surface area contributed by atoms with Gasteiger partial charge in [0.15, 0.2) is 11.5 Å². The minimum atomic E-state index is -0.0982. The van der Waals surface area contributed by atoms with Gasteiger partial charge in [0.1, 0.15) is 0 Å². The third-order valence-electron chi connectivity index (χ3n) is 2.99. The smallest absolute Gasteiger partial charge is 0.162 e. The van der Waals surface area contributed by atoms with Crippen molar-refractivity contribution in [2.45, 2.75) is 20.4 Å². The summed E-state index contributed by atoms with van der Waals surface area (Å²) in [6, 6.07) is 9.08. The van der Waals surface area contributed by atoms with Gasteiger partial charge in [-0.25, -0.2) is 0 Å². The highest BCUT2D eigenvalue weighted by Crippen LogP contribution is 2.31. The molecule has 0 aromatic heterocycles. The average Bonchev–Trinajstić information content (AvgIpc) is 2.33. The predicted octanol–water partition coefficient (Wildman–Crippen LogP) is 4.09. The molecule has 19 heavy (non-hydrogen) atoms. The van der Waals surface area contributed by atoms with E-state index in [1.807, 2.05) is 19.9 Å². The van der Waals surface area contributed by atoms with E-state index < -0.39 is 0 Å². The van der Waals surface area contributed by atoms with Crippen LogP contribution in [0.5, 0.6) is 11.5 Å². The Morgan fingerprint density at radius 3 is 2.58 bits per heavy atom. The molecule has 0 saturated carbocycles. The maximum absolute atomic E-state index is 9.76. The van der Waals surface area contributed by atoms with Crippen LogP contribution in [0.25, 0.3) is 0 Å². The van der Waals surface area contributed by atoms with Crippen LogP contribution in [0.1, 0.15) is 16.7 Å². The lowest BCUT2D eigenvalue weighted by atomic mass is 10.1. The summed E-state index contributed by atoms with van der Waals surface area (Å²) in [5.41, 5.74) is 3.97. The van der Waals surface area contributed by atoms with Gasteiger partial charge in [-0.15, -0.1) is 0 Å². The van der Waals surface area contributed by atoms with Gasteiger partial charge in [0, 0.05) is 16.6 Å². The SMILES string of the molecule is Cc1cc(C)c(NCc2cccc(O)c2O)c(Br)c1. The Balaban J connectivity index is 2.22. The maximum atomic E-state index is 9.76. The van der Waals surface area contributed by atoms with E-state index >= 15 is 0 Å². The minimum Gasteiger partial charge on any atom is -0.504 e. The first-order chi connectivity index (χ1) is 8.99. The molecule has 0 amide bonds. The molecular weight excluding hydrogens is 306 g/mol. The lowest BCUT2D eigenvalue weighted by Gasteiger charge is -2.14. The second kappa shape index (κ2) is 5.53. The third kappa shape index (κ3) is 3.01. The van der Waals surface area contributed by atoms with Crippen LogP contribution in [0.3, 0.4) is 0 Å². The lowest BCUT2D eigenvalue weighted by Crippen LogP contribution is -2.02. The first-order valence-corrected chi connectivity index (χ1v) is 6.79. The van der Waals surface area contributed by atoms with Crippen LogP contribution in [0, 0.1) is 13.8 Å². The Hall–Kier alpha value is -1.68. The molecule has 3 nitrogen and oxygen atoms in total. The van der Waals surface area contributed by atoms with Crippen LogP contribution in [0.15, 0.2) is 34.8 Å². The fourth-order valence-corrected chi connectivity index (χ4v) is 2.86. The van der Waals surface area contributed by atoms with Crippen molar-refractivity contribution in [1.82, 2.24) is 0 Å². The number of rotatable bonds is 3. The number of benzene rings is 2. The van der Waals surface area contributed by atoms with Gasteiger partial charge in [0.2, 0.25) is 0 Å². The maximum Gasteiger partial charge on any atom is 0.162 e. The van der Waals surface area contributed by atoms with Gasteiger partial charge in [-0.1, -0.05) is 18.2 Å². The average molecular weight is 322 g/mol. The number of aromatic hydroxyl groups is 2. The Morgan fingerprint density at radius 1 is 1.16 bits per heavy atom. The normalized spacial score (nSPS) is 10.5. The van der Waals surface area contributed by atoms with Crippen LogP contribution in [-0.2, 0) is 6.54 Å². The van der Waals surface area contributed by atoms with Gasteiger partial charge in [-0.2, -0.15) is 0 Å². The first kappa shape index (κ1) is 13.7. The Labute approximate surface area is 121 Å². The predicted molar refractivity (Wildman–Crippen MR) is 80.7 cm³/mol. The van der Waals surface area contributed by atoms with Crippen molar-refractivity contribution in [3.05, 3.63) is 51.5 Å². The molecule has 2 aromatic carbocycles. The van der Waals surface area contributed by atoms with Crippen molar-refractivity contribution in [2.75, 3.05) is 5.32 Å². The third-order valence-corrected chi connectivity index (χ3v) is 3.61. The number of phenols is 2. The first-order valence-electron chi connectivity index (χ1n) is 5.99. The van der Waals surface area contributed by atoms with Crippen molar-refractivity contribution in [3.8, 4) is 11.5 Å². The number of para-hydroxylation sites is 1. The fraction of sp³-hybridized carbons (Fsp3) is 0.200. The summed E-state index contributed by atoms with van der Waals surface area (Å²) < 4.78 is 0.990. The summed E-state index contributed by atoms with van der Waals surface area (Å²) in [5, 5.41) is 22.5. The summed E-state index contributed by atoms with van der Waals surface area (Å²) in [6.45, 7) is 4.52. The summed E-state index contributed by atoms with van der Waals surface area (Å²) in [6.07, 6.45) is 0. The summed E-state index contributed by atoms with van der Waals surface area (Å²) >= 11 is 3.53. The molecule has 0 spiro atoms. The second-order valence-corrected chi connectivity index (χ2v) is 5.43. The number of halogens is 1. The van der Waals surface area contributed by atoms with Crippen LogP contribution < -0.4 is 5.32 Å². The van der Waals surface area contributed by atoms with Crippen molar-refractivity contribution in [1.29, 1.82) is 0 Å². The number of nitrogens with one attached hydrogen (secondary N) is 1. The van der Waals surface area contributed by atoms with Crippen molar-refractivity contribution in [2.24, 2.45) is 0 Å². The van der Waals surface area contributed by atoms with Gasteiger partial charge in [-0.3, -0.25) is 0 Å². The van der Waals surface area contributed by atoms with Crippen LogP contribution in [0.2, 0.25) is 0 Å². The molecule has 0 atom stereocenters. The standard InChI is InChI=1S/C15H16BrNO2/c1-9-6-10(2)14(12(16)7-9)17-8-11-4-3-5-13(18)15(11)19/h3-7,17-19H,8H2,1-2H3. The molecule has 0 fully saturated rings. The van der Waals surface area contributed by atoms with E-state index in [0.29, 0.717) is 12.1 Å². The molecular formula is C15H16BrNO2. The molecule has 0 aliphatic carbocycles. The molecule has 0 bridgehead atoms. The van der Waals surface area contributed by atoms with Crippen molar-refractivity contribution in [3.63, 3.8) is 0 Å². The van der Waals surface area contributed by atoms with Gasteiger partial charge < -0.3 is 15.5 Å². The summed E-state index contributed by atoms with van der Waals surface area (Å²) in [5.74, 6) is -0.171. The Kier molecular flexibility index (Phi) is 4.00. The largest absolute Gasteiger partial charge is 0.504 e. The Morgan fingerprint density at radius 2 is 1.89 bits per heavy atom. The number of hydrogen-bond donors (Lipinski definition) is 3. The highest BCUT2D eigenvalue weighted by molar-refractivity contribution is 9.10. The van der Waals surface area contributed by atoms with Crippen LogP contribution in [0.4, 0.5) is 5.69 Å². The molecule has 0 aliphatic heterocycles. The highest BCUT2D eigenvalue weighted by Gasteiger charge is 2.08. The molecule has 2 rings (SSSR count). The van der Waals surface area contributed by atoms with E-state index in [9.17, 15) is 10.2 Å². The van der Waals surface area contributed by atoms with Crippen molar-refractivity contribution < 1.29 is 10.2 Å². The topological polar surface area (TPSA) is 52.5 Å². The molecule has 100 valence electrons. The lowest BCUT2D eigenvalue weighted by molar-refractivity contribution is 0.400. The zero-order chi connectivity index (χ0) is 14.0.